The molecular formula is C13H15N3O6S. The van der Waals surface area contributed by atoms with Crippen LogP contribution in [0.4, 0.5) is 5.69 Å². The number of carbonyl (C=O) groups is 2. The molecule has 0 radical (unpaired) electrons. The summed E-state index contributed by atoms with van der Waals surface area (Å²) < 4.78 is 22.0. The summed E-state index contributed by atoms with van der Waals surface area (Å²) in [4.78, 5) is 34.0. The van der Waals surface area contributed by atoms with Crippen molar-refractivity contribution in [2.45, 2.75) is 24.0 Å². The fourth-order valence-electron chi connectivity index (χ4n) is 2.32. The second-order valence-corrected chi connectivity index (χ2v) is 7.66. The highest BCUT2D eigenvalue weighted by Crippen LogP contribution is 2.39. The normalized spacial score (nSPS) is 16.0. The average Bonchev–Trinajstić information content (AvgIpc) is 2.42. The standard InChI is InChI=1S/C13H15N3O6S/c1-23(21,22)13(6-3-7-13)12(18)15-14-11(17)9-4-2-5-10(8-9)16(19)20/h2,4-5,8H,3,6-7H2,1H3,(H,14,17)(H,15,18). The molecule has 1 aliphatic rings. The first-order valence-corrected chi connectivity index (χ1v) is 8.61. The van der Waals surface area contributed by atoms with E-state index >= 15 is 0 Å². The molecule has 124 valence electrons. The minimum Gasteiger partial charge on any atom is -0.271 e. The van der Waals surface area contributed by atoms with Crippen LogP contribution in [0.3, 0.4) is 0 Å². The Bertz CT molecular complexity index is 770. The summed E-state index contributed by atoms with van der Waals surface area (Å²) in [6.07, 6.45) is 1.99. The van der Waals surface area contributed by atoms with Crippen molar-refractivity contribution in [2.75, 3.05) is 6.26 Å². The number of hydrogen-bond acceptors (Lipinski definition) is 6. The molecule has 10 heteroatoms. The fraction of sp³-hybridized carbons (Fsp3) is 0.385. The minimum absolute atomic E-state index is 0.0264. The van der Waals surface area contributed by atoms with Crippen LogP contribution < -0.4 is 10.9 Å². The maximum Gasteiger partial charge on any atom is 0.270 e. The van der Waals surface area contributed by atoms with Crippen LogP contribution >= 0.6 is 0 Å². The highest BCUT2D eigenvalue weighted by molar-refractivity contribution is 7.93. The van der Waals surface area contributed by atoms with Gasteiger partial charge in [-0.1, -0.05) is 6.07 Å². The van der Waals surface area contributed by atoms with Gasteiger partial charge in [0.1, 0.15) is 0 Å². The van der Waals surface area contributed by atoms with Crippen LogP contribution in [0.15, 0.2) is 24.3 Å². The number of sulfone groups is 1. The summed E-state index contributed by atoms with van der Waals surface area (Å²) in [5.74, 6) is -1.57. The Balaban J connectivity index is 2.06. The van der Waals surface area contributed by atoms with Crippen LogP contribution in [0.25, 0.3) is 0 Å². The molecule has 2 rings (SSSR count). The fourth-order valence-corrected chi connectivity index (χ4v) is 3.74. The molecule has 2 N–H and O–H groups in total. The first-order chi connectivity index (χ1) is 10.7. The predicted molar refractivity (Wildman–Crippen MR) is 80.1 cm³/mol. The van der Waals surface area contributed by atoms with E-state index in [0.29, 0.717) is 6.42 Å². The van der Waals surface area contributed by atoms with E-state index in [-0.39, 0.29) is 24.1 Å². The van der Waals surface area contributed by atoms with Crippen molar-refractivity contribution in [3.05, 3.63) is 39.9 Å². The third-order valence-corrected chi connectivity index (χ3v) is 5.91. The number of amides is 2. The van der Waals surface area contributed by atoms with E-state index < -0.39 is 31.3 Å². The summed E-state index contributed by atoms with van der Waals surface area (Å²) >= 11 is 0. The van der Waals surface area contributed by atoms with Crippen molar-refractivity contribution in [3.63, 3.8) is 0 Å². The molecule has 2 amide bonds. The van der Waals surface area contributed by atoms with Crippen LogP contribution in [0.5, 0.6) is 0 Å². The Morgan fingerprint density at radius 1 is 1.26 bits per heavy atom. The highest BCUT2D eigenvalue weighted by Gasteiger charge is 2.53. The molecule has 1 aromatic carbocycles. The lowest BCUT2D eigenvalue weighted by Crippen LogP contribution is -2.60. The van der Waals surface area contributed by atoms with Gasteiger partial charge in [-0.2, -0.15) is 0 Å². The van der Waals surface area contributed by atoms with Gasteiger partial charge in [-0.3, -0.25) is 30.6 Å². The highest BCUT2D eigenvalue weighted by atomic mass is 32.2. The number of hydrogen-bond donors (Lipinski definition) is 2. The number of non-ortho nitro benzene ring substituents is 1. The predicted octanol–water partition coefficient (Wildman–Crippen LogP) is 0.323. The minimum atomic E-state index is -3.61. The van der Waals surface area contributed by atoms with Gasteiger partial charge < -0.3 is 0 Å². The molecule has 0 bridgehead atoms. The molecule has 0 atom stereocenters. The van der Waals surface area contributed by atoms with Gasteiger partial charge >= 0.3 is 0 Å². The Morgan fingerprint density at radius 3 is 2.39 bits per heavy atom. The number of nitro benzene ring substituents is 1. The summed E-state index contributed by atoms with van der Waals surface area (Å²) in [6.45, 7) is 0. The molecule has 0 unspecified atom stereocenters. The Labute approximate surface area is 132 Å². The molecule has 0 heterocycles. The van der Waals surface area contributed by atoms with Crippen LogP contribution in [0.1, 0.15) is 29.6 Å². The summed E-state index contributed by atoms with van der Waals surface area (Å²) in [5, 5.41) is 10.7. The van der Waals surface area contributed by atoms with Crippen LogP contribution in [0, 0.1) is 10.1 Å². The third-order valence-electron chi connectivity index (χ3n) is 3.89. The van der Waals surface area contributed by atoms with Gasteiger partial charge in [0.2, 0.25) is 0 Å². The van der Waals surface area contributed by atoms with E-state index in [1.807, 2.05) is 0 Å². The van der Waals surface area contributed by atoms with Crippen molar-refractivity contribution in [3.8, 4) is 0 Å². The van der Waals surface area contributed by atoms with E-state index in [1.54, 1.807) is 0 Å². The molecule has 1 aromatic rings. The number of nitrogens with one attached hydrogen (secondary N) is 2. The molecule has 0 aromatic heterocycles. The lowest BCUT2D eigenvalue weighted by atomic mass is 9.83. The second-order valence-electron chi connectivity index (χ2n) is 5.34. The van der Waals surface area contributed by atoms with Crippen molar-refractivity contribution in [2.24, 2.45) is 0 Å². The van der Waals surface area contributed by atoms with Crippen molar-refractivity contribution in [1.82, 2.24) is 10.9 Å². The van der Waals surface area contributed by atoms with Crippen LogP contribution in [0.2, 0.25) is 0 Å². The van der Waals surface area contributed by atoms with Crippen LogP contribution in [-0.4, -0.2) is 36.2 Å². The van der Waals surface area contributed by atoms with Crippen molar-refractivity contribution < 1.29 is 22.9 Å². The summed E-state index contributed by atoms with van der Waals surface area (Å²) in [5.41, 5.74) is 3.88. The average molecular weight is 341 g/mol. The first kappa shape index (κ1) is 16.9. The molecular weight excluding hydrogens is 326 g/mol. The van der Waals surface area contributed by atoms with Gasteiger partial charge in [-0.05, 0) is 25.3 Å². The molecule has 0 aliphatic heterocycles. The Morgan fingerprint density at radius 2 is 1.91 bits per heavy atom. The number of carbonyl (C=O) groups excluding carboxylic acids is 2. The summed E-state index contributed by atoms with van der Waals surface area (Å²) in [6, 6.07) is 4.95. The number of benzene rings is 1. The largest absolute Gasteiger partial charge is 0.271 e. The van der Waals surface area contributed by atoms with E-state index in [4.69, 9.17) is 0 Å². The maximum absolute atomic E-state index is 12.1. The topological polar surface area (TPSA) is 135 Å². The Hall–Kier alpha value is -2.49. The first-order valence-electron chi connectivity index (χ1n) is 6.72. The Kier molecular flexibility index (Phi) is 4.37. The van der Waals surface area contributed by atoms with Gasteiger partial charge in [0.25, 0.3) is 17.5 Å². The van der Waals surface area contributed by atoms with Gasteiger partial charge in [-0.15, -0.1) is 0 Å². The maximum atomic E-state index is 12.1. The number of nitro groups is 1. The van der Waals surface area contributed by atoms with E-state index in [1.165, 1.54) is 18.2 Å². The molecule has 0 saturated heterocycles. The lowest BCUT2D eigenvalue weighted by Gasteiger charge is -2.37. The van der Waals surface area contributed by atoms with Gasteiger partial charge in [0.15, 0.2) is 14.6 Å². The van der Waals surface area contributed by atoms with Crippen molar-refractivity contribution >= 4 is 27.3 Å². The van der Waals surface area contributed by atoms with Crippen LogP contribution in [-0.2, 0) is 14.6 Å². The summed E-state index contributed by atoms with van der Waals surface area (Å²) in [7, 11) is -3.61. The van der Waals surface area contributed by atoms with E-state index in [9.17, 15) is 28.1 Å². The second kappa shape index (κ2) is 5.95. The van der Waals surface area contributed by atoms with Crippen molar-refractivity contribution in [1.29, 1.82) is 0 Å². The van der Waals surface area contributed by atoms with Gasteiger partial charge in [-0.25, -0.2) is 8.42 Å². The smallest absolute Gasteiger partial charge is 0.270 e. The van der Waals surface area contributed by atoms with E-state index in [0.717, 1.165) is 12.3 Å². The molecule has 0 spiro atoms. The zero-order chi connectivity index (χ0) is 17.3. The molecule has 9 nitrogen and oxygen atoms in total. The van der Waals surface area contributed by atoms with E-state index in [2.05, 4.69) is 10.9 Å². The van der Waals surface area contributed by atoms with Gasteiger partial charge in [0.05, 0.1) is 4.92 Å². The molecule has 23 heavy (non-hydrogen) atoms. The zero-order valence-corrected chi connectivity index (χ0v) is 13.1. The quantitative estimate of drug-likeness (QED) is 0.598. The molecule has 1 aliphatic carbocycles. The zero-order valence-electron chi connectivity index (χ0n) is 12.2. The number of nitrogens with zero attached hydrogens (tertiary/aromatic N) is 1. The third kappa shape index (κ3) is 3.16. The monoisotopic (exact) mass is 341 g/mol. The number of hydrazine groups is 1. The lowest BCUT2D eigenvalue weighted by molar-refractivity contribution is -0.384. The number of rotatable bonds is 4. The molecule has 1 saturated carbocycles. The SMILES string of the molecule is CS(=O)(=O)C1(C(=O)NNC(=O)c2cccc([N+](=O)[O-])c2)CCC1. The van der Waals surface area contributed by atoms with Gasteiger partial charge in [0, 0.05) is 24.0 Å². The molecule has 1 fully saturated rings.